The summed E-state index contributed by atoms with van der Waals surface area (Å²) < 4.78 is 11.2. The van der Waals surface area contributed by atoms with Crippen LogP contribution < -0.4 is 4.90 Å². The van der Waals surface area contributed by atoms with Gasteiger partial charge < -0.3 is 14.1 Å². The fourth-order valence-electron chi connectivity index (χ4n) is 3.63. The lowest BCUT2D eigenvalue weighted by atomic mass is 10.0. The fourth-order valence-corrected chi connectivity index (χ4v) is 3.63. The van der Waals surface area contributed by atoms with Gasteiger partial charge in [0.1, 0.15) is 5.82 Å². The van der Waals surface area contributed by atoms with Crippen molar-refractivity contribution in [2.75, 3.05) is 38.3 Å². The molecule has 2 saturated heterocycles. The third-order valence-electron chi connectivity index (χ3n) is 5.24. The predicted octanol–water partition coefficient (Wildman–Crippen LogP) is 2.07. The number of piperidine rings is 1. The molecule has 2 aliphatic rings. The first-order valence-electron chi connectivity index (χ1n) is 9.06. The number of hydrogen-bond donors (Lipinski definition) is 0. The van der Waals surface area contributed by atoms with Crippen LogP contribution >= 0.6 is 0 Å². The molecule has 0 aromatic carbocycles. The second kappa shape index (κ2) is 7.49. The number of aromatic nitrogens is 3. The lowest BCUT2D eigenvalue weighted by molar-refractivity contribution is 0.180. The number of ether oxygens (including phenoxy) is 1. The van der Waals surface area contributed by atoms with Gasteiger partial charge in [-0.05, 0) is 31.4 Å². The van der Waals surface area contributed by atoms with Crippen molar-refractivity contribution >= 4 is 5.82 Å². The molecular formula is C18H25N5O2. The van der Waals surface area contributed by atoms with Crippen molar-refractivity contribution in [3.63, 3.8) is 0 Å². The van der Waals surface area contributed by atoms with E-state index >= 15 is 0 Å². The van der Waals surface area contributed by atoms with Crippen LogP contribution in [0.25, 0.3) is 0 Å². The summed E-state index contributed by atoms with van der Waals surface area (Å²) in [5, 5.41) is 8.43. The first-order valence-corrected chi connectivity index (χ1v) is 9.06. The van der Waals surface area contributed by atoms with E-state index in [0.29, 0.717) is 12.6 Å². The Morgan fingerprint density at radius 3 is 2.80 bits per heavy atom. The minimum atomic E-state index is 0.277. The van der Waals surface area contributed by atoms with Crippen LogP contribution in [0.1, 0.15) is 37.0 Å². The molecule has 2 fully saturated rings. The van der Waals surface area contributed by atoms with Crippen LogP contribution in [0.15, 0.2) is 28.8 Å². The van der Waals surface area contributed by atoms with Crippen molar-refractivity contribution in [2.24, 2.45) is 0 Å². The van der Waals surface area contributed by atoms with Crippen LogP contribution in [0.3, 0.4) is 0 Å². The van der Waals surface area contributed by atoms with E-state index < -0.39 is 0 Å². The highest BCUT2D eigenvalue weighted by Gasteiger charge is 2.26. The molecule has 4 heterocycles. The van der Waals surface area contributed by atoms with Crippen molar-refractivity contribution < 1.29 is 9.15 Å². The number of pyridine rings is 1. The van der Waals surface area contributed by atoms with Gasteiger partial charge in [-0.25, -0.2) is 4.98 Å². The Hall–Kier alpha value is -1.99. The maximum atomic E-state index is 5.85. The third-order valence-corrected chi connectivity index (χ3v) is 5.24. The minimum Gasteiger partial charge on any atom is -0.423 e. The fraction of sp³-hybridized carbons (Fsp3) is 0.611. The van der Waals surface area contributed by atoms with E-state index in [0.717, 1.165) is 63.1 Å². The molecule has 2 aromatic heterocycles. The van der Waals surface area contributed by atoms with Crippen molar-refractivity contribution in [1.29, 1.82) is 0 Å². The Balaban J connectivity index is 1.29. The zero-order chi connectivity index (χ0) is 17.1. The van der Waals surface area contributed by atoms with E-state index in [1.165, 1.54) is 0 Å². The molecule has 0 bridgehead atoms. The Bertz CT molecular complexity index is 663. The molecule has 0 aliphatic carbocycles. The predicted molar refractivity (Wildman–Crippen MR) is 93.4 cm³/mol. The van der Waals surface area contributed by atoms with E-state index in [2.05, 4.69) is 38.1 Å². The molecular weight excluding hydrogens is 318 g/mol. The van der Waals surface area contributed by atoms with Crippen molar-refractivity contribution in [2.45, 2.75) is 37.8 Å². The summed E-state index contributed by atoms with van der Waals surface area (Å²) in [6.07, 6.45) is 5.06. The summed E-state index contributed by atoms with van der Waals surface area (Å²) >= 11 is 0. The van der Waals surface area contributed by atoms with Crippen LogP contribution in [0, 0.1) is 0 Å². The Kier molecular flexibility index (Phi) is 4.94. The average molecular weight is 343 g/mol. The van der Waals surface area contributed by atoms with Gasteiger partial charge in [-0.2, -0.15) is 0 Å². The van der Waals surface area contributed by atoms with E-state index in [1.807, 2.05) is 18.3 Å². The van der Waals surface area contributed by atoms with E-state index in [1.54, 1.807) is 0 Å². The summed E-state index contributed by atoms with van der Waals surface area (Å²) in [5.74, 6) is 2.77. The summed E-state index contributed by atoms with van der Waals surface area (Å²) in [6.45, 7) is 4.30. The first-order chi connectivity index (χ1) is 12.3. The summed E-state index contributed by atoms with van der Waals surface area (Å²) in [5.41, 5.74) is 0. The Labute approximate surface area is 148 Å². The number of hydrogen-bond acceptors (Lipinski definition) is 7. The molecule has 25 heavy (non-hydrogen) atoms. The van der Waals surface area contributed by atoms with Gasteiger partial charge in [-0.1, -0.05) is 6.07 Å². The molecule has 0 amide bonds. The van der Waals surface area contributed by atoms with Gasteiger partial charge in [0, 0.05) is 39.0 Å². The Morgan fingerprint density at radius 2 is 2.08 bits per heavy atom. The highest BCUT2D eigenvalue weighted by Crippen LogP contribution is 2.25. The van der Waals surface area contributed by atoms with Crippen LogP contribution in [0.4, 0.5) is 5.82 Å². The summed E-state index contributed by atoms with van der Waals surface area (Å²) in [7, 11) is 2.14. The molecule has 0 spiro atoms. The molecule has 0 radical (unpaired) electrons. The molecule has 0 N–H and O–H groups in total. The summed E-state index contributed by atoms with van der Waals surface area (Å²) in [4.78, 5) is 9.14. The van der Waals surface area contributed by atoms with E-state index in [9.17, 15) is 0 Å². The molecule has 1 unspecified atom stereocenters. The van der Waals surface area contributed by atoms with Gasteiger partial charge in [-0.3, -0.25) is 4.90 Å². The van der Waals surface area contributed by atoms with Crippen molar-refractivity contribution in [3.05, 3.63) is 36.2 Å². The van der Waals surface area contributed by atoms with Gasteiger partial charge in [0.05, 0.1) is 19.1 Å². The third kappa shape index (κ3) is 3.82. The highest BCUT2D eigenvalue weighted by molar-refractivity contribution is 5.38. The zero-order valence-electron chi connectivity index (χ0n) is 14.7. The van der Waals surface area contributed by atoms with Gasteiger partial charge in [0.2, 0.25) is 11.8 Å². The Morgan fingerprint density at radius 1 is 1.20 bits per heavy atom. The second-order valence-electron chi connectivity index (χ2n) is 6.90. The molecule has 1 atom stereocenters. The molecule has 2 aliphatic heterocycles. The normalized spacial score (nSPS) is 22.4. The van der Waals surface area contributed by atoms with Crippen molar-refractivity contribution in [3.8, 4) is 0 Å². The topological polar surface area (TPSA) is 67.5 Å². The molecule has 7 nitrogen and oxygen atoms in total. The summed E-state index contributed by atoms with van der Waals surface area (Å²) in [6, 6.07) is 6.59. The smallest absolute Gasteiger partial charge is 0.230 e. The minimum absolute atomic E-state index is 0.277. The van der Waals surface area contributed by atoms with Crippen molar-refractivity contribution in [1.82, 2.24) is 20.1 Å². The molecule has 134 valence electrons. The average Bonchev–Trinajstić information content (AvgIpc) is 3.34. The van der Waals surface area contributed by atoms with Crippen LogP contribution in [0.5, 0.6) is 0 Å². The highest BCUT2D eigenvalue weighted by atomic mass is 16.5. The maximum absolute atomic E-state index is 5.85. The van der Waals surface area contributed by atoms with Gasteiger partial charge in [-0.15, -0.1) is 10.2 Å². The lowest BCUT2D eigenvalue weighted by Gasteiger charge is -2.36. The molecule has 7 heteroatoms. The molecule has 0 saturated carbocycles. The molecule has 4 rings (SSSR count). The largest absolute Gasteiger partial charge is 0.423 e. The number of rotatable bonds is 5. The second-order valence-corrected chi connectivity index (χ2v) is 6.90. The maximum Gasteiger partial charge on any atom is 0.230 e. The van der Waals surface area contributed by atoms with Crippen LogP contribution in [-0.2, 0) is 11.3 Å². The molecule has 2 aromatic rings. The lowest BCUT2D eigenvalue weighted by Crippen LogP contribution is -2.43. The van der Waals surface area contributed by atoms with Gasteiger partial charge >= 0.3 is 0 Å². The first kappa shape index (κ1) is 16.5. The van der Waals surface area contributed by atoms with Gasteiger partial charge in [0.25, 0.3) is 0 Å². The quantitative estimate of drug-likeness (QED) is 0.823. The SMILES string of the molecule is CN(c1ccccn1)C1CCN(Cc2nnc(C3CCOC3)o2)CC1. The standard InChI is InChI=1S/C18H25N5O2/c1-22(16-4-2-3-8-19-16)15-5-9-23(10-6-15)12-17-20-21-18(25-17)14-7-11-24-13-14/h2-4,8,14-15H,5-7,9-13H2,1H3. The van der Waals surface area contributed by atoms with E-state index in [-0.39, 0.29) is 5.92 Å². The van der Waals surface area contributed by atoms with Crippen LogP contribution in [-0.4, -0.2) is 59.5 Å². The van der Waals surface area contributed by atoms with Crippen LogP contribution in [0.2, 0.25) is 0 Å². The monoisotopic (exact) mass is 343 g/mol. The zero-order valence-corrected chi connectivity index (χ0v) is 14.7. The van der Waals surface area contributed by atoms with Gasteiger partial charge in [0.15, 0.2) is 0 Å². The number of likely N-dealkylation sites (tertiary alicyclic amines) is 1. The number of anilines is 1. The number of nitrogens with zero attached hydrogens (tertiary/aromatic N) is 5. The van der Waals surface area contributed by atoms with E-state index in [4.69, 9.17) is 9.15 Å².